The van der Waals surface area contributed by atoms with Gasteiger partial charge >= 0.3 is 5.97 Å². The van der Waals surface area contributed by atoms with Gasteiger partial charge in [-0.05, 0) is 41.1 Å². The fraction of sp³-hybridized carbons (Fsp3) is 0.105. The monoisotopic (exact) mass is 321 g/mol. The zero-order valence-corrected chi connectivity index (χ0v) is 13.1. The molecule has 0 amide bonds. The van der Waals surface area contributed by atoms with Crippen LogP contribution >= 0.6 is 0 Å². The summed E-state index contributed by atoms with van der Waals surface area (Å²) in [6, 6.07) is 14.2. The molecule has 0 spiro atoms. The van der Waals surface area contributed by atoms with E-state index in [0.717, 1.165) is 16.5 Å². The van der Waals surface area contributed by atoms with E-state index in [1.54, 1.807) is 37.6 Å². The van der Waals surface area contributed by atoms with Crippen molar-refractivity contribution < 1.29 is 19.1 Å². The number of hydrogen-bond acceptors (Lipinski definition) is 5. The zero-order chi connectivity index (χ0) is 16.9. The van der Waals surface area contributed by atoms with Crippen LogP contribution in [0.15, 0.2) is 60.9 Å². The maximum atomic E-state index is 12.2. The van der Waals surface area contributed by atoms with Gasteiger partial charge < -0.3 is 9.47 Å². The van der Waals surface area contributed by atoms with Gasteiger partial charge in [-0.15, -0.1) is 0 Å². The Morgan fingerprint density at radius 2 is 1.79 bits per heavy atom. The highest BCUT2D eigenvalue weighted by atomic mass is 16.5. The van der Waals surface area contributed by atoms with E-state index < -0.39 is 5.97 Å². The maximum absolute atomic E-state index is 12.2. The van der Waals surface area contributed by atoms with Gasteiger partial charge in [-0.3, -0.25) is 9.78 Å². The Labute approximate surface area is 138 Å². The van der Waals surface area contributed by atoms with Gasteiger partial charge in [0.1, 0.15) is 5.75 Å². The fourth-order valence-electron chi connectivity index (χ4n) is 2.31. The summed E-state index contributed by atoms with van der Waals surface area (Å²) < 4.78 is 10.2. The molecule has 1 heterocycles. The molecule has 0 N–H and O–H groups in total. The molecule has 1 aromatic heterocycles. The second-order valence-corrected chi connectivity index (χ2v) is 5.17. The van der Waals surface area contributed by atoms with Gasteiger partial charge in [0, 0.05) is 18.0 Å². The number of methoxy groups -OCH3 is 1. The van der Waals surface area contributed by atoms with Crippen LogP contribution in [0, 0.1) is 0 Å². The first-order valence-corrected chi connectivity index (χ1v) is 7.35. The molecule has 0 aliphatic heterocycles. The number of nitrogens with zero attached hydrogens (tertiary/aromatic N) is 1. The number of carbonyl (C=O) groups is 2. The predicted molar refractivity (Wildman–Crippen MR) is 89.4 cm³/mol. The second kappa shape index (κ2) is 6.91. The van der Waals surface area contributed by atoms with E-state index in [1.165, 1.54) is 6.20 Å². The summed E-state index contributed by atoms with van der Waals surface area (Å²) in [6.07, 6.45) is 2.96. The van der Waals surface area contributed by atoms with E-state index in [0.29, 0.717) is 11.1 Å². The van der Waals surface area contributed by atoms with E-state index in [4.69, 9.17) is 9.47 Å². The van der Waals surface area contributed by atoms with Gasteiger partial charge in [0.2, 0.25) is 0 Å². The van der Waals surface area contributed by atoms with Crippen LogP contribution in [0.25, 0.3) is 10.8 Å². The molecule has 5 heteroatoms. The van der Waals surface area contributed by atoms with E-state index in [1.807, 2.05) is 24.3 Å². The Morgan fingerprint density at radius 3 is 2.54 bits per heavy atom. The van der Waals surface area contributed by atoms with Crippen molar-refractivity contribution in [2.45, 2.75) is 0 Å². The van der Waals surface area contributed by atoms with Crippen LogP contribution in [0.4, 0.5) is 0 Å². The molecule has 2 aromatic carbocycles. The number of hydrogen-bond donors (Lipinski definition) is 0. The van der Waals surface area contributed by atoms with E-state index in [-0.39, 0.29) is 12.4 Å². The lowest BCUT2D eigenvalue weighted by atomic mass is 10.0. The average Bonchev–Trinajstić information content (AvgIpc) is 2.65. The molecule has 0 atom stereocenters. The first-order valence-electron chi connectivity index (χ1n) is 7.35. The van der Waals surface area contributed by atoms with E-state index >= 15 is 0 Å². The van der Waals surface area contributed by atoms with Gasteiger partial charge in [-0.1, -0.05) is 18.2 Å². The van der Waals surface area contributed by atoms with Crippen molar-refractivity contribution in [1.29, 1.82) is 0 Å². The second-order valence-electron chi connectivity index (χ2n) is 5.17. The topological polar surface area (TPSA) is 65.5 Å². The van der Waals surface area contributed by atoms with Gasteiger partial charge in [0.25, 0.3) is 0 Å². The van der Waals surface area contributed by atoms with E-state index in [2.05, 4.69) is 4.98 Å². The Bertz CT molecular complexity index is 890. The first-order chi connectivity index (χ1) is 11.7. The number of rotatable bonds is 5. The number of esters is 1. The van der Waals surface area contributed by atoms with Gasteiger partial charge in [-0.25, -0.2) is 4.79 Å². The van der Waals surface area contributed by atoms with Crippen LogP contribution in [0.3, 0.4) is 0 Å². The largest absolute Gasteiger partial charge is 0.497 e. The number of fused-ring (bicyclic) bond motifs is 1. The molecule has 24 heavy (non-hydrogen) atoms. The molecule has 5 nitrogen and oxygen atoms in total. The third kappa shape index (κ3) is 3.41. The first kappa shape index (κ1) is 15.7. The van der Waals surface area contributed by atoms with Gasteiger partial charge in [0.15, 0.2) is 12.4 Å². The van der Waals surface area contributed by atoms with Crippen LogP contribution in [0.2, 0.25) is 0 Å². The molecule has 0 fully saturated rings. The van der Waals surface area contributed by atoms with Crippen LogP contribution in [-0.2, 0) is 4.74 Å². The Hall–Kier alpha value is -3.21. The number of pyridine rings is 1. The average molecular weight is 321 g/mol. The SMILES string of the molecule is COc1ccc2cc(C(=O)COC(=O)c3cccnc3)ccc2c1. The van der Waals surface area contributed by atoms with Crippen molar-refractivity contribution in [3.8, 4) is 5.75 Å². The molecule has 0 aliphatic rings. The minimum Gasteiger partial charge on any atom is -0.497 e. The molecule has 0 unspecified atom stereocenters. The van der Waals surface area contributed by atoms with Crippen molar-refractivity contribution in [1.82, 2.24) is 4.98 Å². The molecular formula is C19H15NO4. The highest BCUT2D eigenvalue weighted by Crippen LogP contribution is 2.22. The summed E-state index contributed by atoms with van der Waals surface area (Å²) in [5.74, 6) is -0.0705. The van der Waals surface area contributed by atoms with Crippen LogP contribution < -0.4 is 4.74 Å². The zero-order valence-electron chi connectivity index (χ0n) is 13.1. The van der Waals surface area contributed by atoms with Crippen molar-refractivity contribution in [3.63, 3.8) is 0 Å². The molecule has 3 rings (SSSR count). The van der Waals surface area contributed by atoms with Gasteiger partial charge in [0.05, 0.1) is 12.7 Å². The summed E-state index contributed by atoms with van der Waals surface area (Å²) in [5, 5.41) is 1.89. The number of Topliss-reactive ketones (excluding diaryl/α,β-unsaturated/α-hetero) is 1. The predicted octanol–water partition coefficient (Wildman–Crippen LogP) is 3.28. The van der Waals surface area contributed by atoms with Gasteiger partial charge in [-0.2, -0.15) is 0 Å². The van der Waals surface area contributed by atoms with Crippen molar-refractivity contribution >= 4 is 22.5 Å². The molecule has 120 valence electrons. The summed E-state index contributed by atoms with van der Waals surface area (Å²) >= 11 is 0. The quantitative estimate of drug-likeness (QED) is 0.533. The summed E-state index contributed by atoms with van der Waals surface area (Å²) in [7, 11) is 1.61. The van der Waals surface area contributed by atoms with Crippen molar-refractivity contribution in [3.05, 3.63) is 72.1 Å². The third-order valence-electron chi connectivity index (χ3n) is 3.60. The minimum atomic E-state index is -0.568. The molecule has 0 aliphatic carbocycles. The van der Waals surface area contributed by atoms with Crippen LogP contribution in [-0.4, -0.2) is 30.5 Å². The lowest BCUT2D eigenvalue weighted by molar-refractivity contribution is 0.0474. The lowest BCUT2D eigenvalue weighted by Crippen LogP contribution is -2.14. The summed E-state index contributed by atoms with van der Waals surface area (Å²) in [5.41, 5.74) is 0.808. The Morgan fingerprint density at radius 1 is 1.00 bits per heavy atom. The van der Waals surface area contributed by atoms with Crippen molar-refractivity contribution in [2.24, 2.45) is 0 Å². The molecule has 0 saturated heterocycles. The Balaban J connectivity index is 1.71. The normalized spacial score (nSPS) is 10.4. The standard InChI is InChI=1S/C19H15NO4/c1-23-17-7-6-13-9-15(5-4-14(13)10-17)18(21)12-24-19(22)16-3-2-8-20-11-16/h2-11H,12H2,1H3. The molecule has 0 bridgehead atoms. The molecule has 0 saturated carbocycles. The smallest absolute Gasteiger partial charge is 0.340 e. The number of ether oxygens (including phenoxy) is 2. The molecule has 3 aromatic rings. The molecule has 0 radical (unpaired) electrons. The lowest BCUT2D eigenvalue weighted by Gasteiger charge is -2.06. The van der Waals surface area contributed by atoms with Crippen LogP contribution in [0.5, 0.6) is 5.75 Å². The summed E-state index contributed by atoms with van der Waals surface area (Å²) in [6.45, 7) is -0.310. The third-order valence-corrected chi connectivity index (χ3v) is 3.60. The maximum Gasteiger partial charge on any atom is 0.340 e. The number of ketones is 1. The molecular weight excluding hydrogens is 306 g/mol. The highest BCUT2D eigenvalue weighted by Gasteiger charge is 2.12. The number of benzene rings is 2. The minimum absolute atomic E-state index is 0.259. The van der Waals surface area contributed by atoms with E-state index in [9.17, 15) is 9.59 Å². The van der Waals surface area contributed by atoms with Crippen molar-refractivity contribution in [2.75, 3.05) is 13.7 Å². The highest BCUT2D eigenvalue weighted by molar-refractivity contribution is 6.02. The summed E-state index contributed by atoms with van der Waals surface area (Å²) in [4.78, 5) is 27.9. The Kier molecular flexibility index (Phi) is 4.52. The number of aromatic nitrogens is 1. The number of carbonyl (C=O) groups excluding carboxylic acids is 2. The fourth-order valence-corrected chi connectivity index (χ4v) is 2.31. The van der Waals surface area contributed by atoms with Crippen LogP contribution in [0.1, 0.15) is 20.7 Å².